The van der Waals surface area contributed by atoms with Crippen LogP contribution in [0, 0.1) is 0 Å². The maximum atomic E-state index is 11.1. The number of aromatic nitrogens is 3. The highest BCUT2D eigenvalue weighted by Gasteiger charge is 2.13. The van der Waals surface area contributed by atoms with E-state index in [-0.39, 0.29) is 6.04 Å². The van der Waals surface area contributed by atoms with Crippen molar-refractivity contribution in [3.05, 3.63) is 52.1 Å². The van der Waals surface area contributed by atoms with Gasteiger partial charge in [-0.05, 0) is 25.1 Å². The number of nitrogens with zero attached hydrogens (tertiary/aromatic N) is 3. The fourth-order valence-electron chi connectivity index (χ4n) is 2.10. The van der Waals surface area contributed by atoms with Gasteiger partial charge in [-0.25, -0.2) is 0 Å². The number of nitrogens with two attached hydrogens (primary N) is 1. The van der Waals surface area contributed by atoms with Crippen LogP contribution in [-0.4, -0.2) is 20.5 Å². The number of thiophene rings is 1. The van der Waals surface area contributed by atoms with E-state index in [1.165, 1.54) is 11.3 Å². The molecule has 0 fully saturated rings. The topological polar surface area (TPSA) is 85.3 Å². The summed E-state index contributed by atoms with van der Waals surface area (Å²) in [4.78, 5) is 12.1. The fourth-order valence-corrected chi connectivity index (χ4v) is 2.93. The number of carbonyl (C=O) groups excluding carboxylic acids is 1. The molecule has 7 heteroatoms. The Labute approximate surface area is 125 Å². The van der Waals surface area contributed by atoms with E-state index in [2.05, 4.69) is 15.5 Å². The molecule has 1 atom stereocenters. The van der Waals surface area contributed by atoms with Crippen molar-refractivity contribution in [3.63, 3.8) is 0 Å². The highest BCUT2D eigenvalue weighted by atomic mass is 32.1. The maximum Gasteiger partial charge on any atom is 0.249 e. The van der Waals surface area contributed by atoms with Crippen molar-refractivity contribution in [2.75, 3.05) is 0 Å². The van der Waals surface area contributed by atoms with Crippen LogP contribution in [0.25, 0.3) is 5.65 Å². The van der Waals surface area contributed by atoms with Gasteiger partial charge < -0.3 is 11.1 Å². The molecule has 0 aliphatic heterocycles. The molecule has 108 valence electrons. The van der Waals surface area contributed by atoms with Crippen molar-refractivity contribution < 1.29 is 4.79 Å². The first-order valence-electron chi connectivity index (χ1n) is 6.55. The zero-order chi connectivity index (χ0) is 14.8. The van der Waals surface area contributed by atoms with Gasteiger partial charge in [0.15, 0.2) is 11.5 Å². The lowest BCUT2D eigenvalue weighted by atomic mass is 10.2. The second-order valence-corrected chi connectivity index (χ2v) is 5.75. The van der Waals surface area contributed by atoms with Gasteiger partial charge in [-0.15, -0.1) is 21.5 Å². The number of rotatable bonds is 5. The molecule has 1 amide bonds. The first kappa shape index (κ1) is 13.7. The third kappa shape index (κ3) is 2.79. The van der Waals surface area contributed by atoms with E-state index in [9.17, 15) is 4.79 Å². The first-order valence-corrected chi connectivity index (χ1v) is 7.43. The smallest absolute Gasteiger partial charge is 0.249 e. The third-order valence-corrected chi connectivity index (χ3v) is 4.18. The van der Waals surface area contributed by atoms with Gasteiger partial charge in [-0.3, -0.25) is 9.20 Å². The Morgan fingerprint density at radius 3 is 3.10 bits per heavy atom. The van der Waals surface area contributed by atoms with E-state index >= 15 is 0 Å². The van der Waals surface area contributed by atoms with Crippen LogP contribution in [0.2, 0.25) is 0 Å². The summed E-state index contributed by atoms with van der Waals surface area (Å²) < 4.78 is 1.96. The van der Waals surface area contributed by atoms with E-state index < -0.39 is 5.91 Å². The summed E-state index contributed by atoms with van der Waals surface area (Å²) in [5.41, 5.74) is 6.63. The Balaban J connectivity index is 1.71. The van der Waals surface area contributed by atoms with Crippen LogP contribution in [0.5, 0.6) is 0 Å². The predicted molar refractivity (Wildman–Crippen MR) is 81.1 cm³/mol. The predicted octanol–water partition coefficient (Wildman–Crippen LogP) is 1.74. The van der Waals surface area contributed by atoms with Gasteiger partial charge in [0.1, 0.15) is 0 Å². The molecule has 0 radical (unpaired) electrons. The third-order valence-electron chi connectivity index (χ3n) is 3.25. The first-order chi connectivity index (χ1) is 10.1. The zero-order valence-corrected chi connectivity index (χ0v) is 12.3. The van der Waals surface area contributed by atoms with Crippen molar-refractivity contribution in [2.24, 2.45) is 5.73 Å². The van der Waals surface area contributed by atoms with Crippen molar-refractivity contribution in [1.82, 2.24) is 19.9 Å². The SMILES string of the molecule is CC(NCc1cc(C(N)=O)cs1)c1nnc2ccccn12. The summed E-state index contributed by atoms with van der Waals surface area (Å²) in [6.07, 6.45) is 1.94. The number of fused-ring (bicyclic) bond motifs is 1. The van der Waals surface area contributed by atoms with Crippen LogP contribution < -0.4 is 11.1 Å². The maximum absolute atomic E-state index is 11.1. The van der Waals surface area contributed by atoms with Crippen molar-refractivity contribution in [3.8, 4) is 0 Å². The number of hydrogen-bond acceptors (Lipinski definition) is 5. The lowest BCUT2D eigenvalue weighted by Gasteiger charge is -2.11. The highest BCUT2D eigenvalue weighted by molar-refractivity contribution is 7.10. The Kier molecular flexibility index (Phi) is 3.68. The monoisotopic (exact) mass is 301 g/mol. The van der Waals surface area contributed by atoms with Gasteiger partial charge >= 0.3 is 0 Å². The lowest BCUT2D eigenvalue weighted by Crippen LogP contribution is -2.20. The van der Waals surface area contributed by atoms with Crippen LogP contribution >= 0.6 is 11.3 Å². The summed E-state index contributed by atoms with van der Waals surface area (Å²) in [6, 6.07) is 7.66. The standard InChI is InChI=1S/C14H15N5OS/c1-9(14-18-17-12-4-2-3-5-19(12)14)16-7-11-6-10(8-21-11)13(15)20/h2-6,8-9,16H,7H2,1H3,(H2,15,20). The van der Waals surface area contributed by atoms with Crippen LogP contribution in [0.15, 0.2) is 35.8 Å². The minimum absolute atomic E-state index is 0.0431. The Hall–Kier alpha value is -2.25. The van der Waals surface area contributed by atoms with Gasteiger partial charge in [0.2, 0.25) is 5.91 Å². The Morgan fingerprint density at radius 2 is 2.33 bits per heavy atom. The number of carbonyl (C=O) groups is 1. The molecule has 0 aliphatic rings. The normalized spacial score (nSPS) is 12.6. The van der Waals surface area contributed by atoms with E-state index in [0.29, 0.717) is 12.1 Å². The number of amides is 1. The van der Waals surface area contributed by atoms with Crippen molar-refractivity contribution in [1.29, 1.82) is 0 Å². The van der Waals surface area contributed by atoms with E-state index in [1.807, 2.05) is 41.8 Å². The largest absolute Gasteiger partial charge is 0.366 e. The molecular formula is C14H15N5OS. The molecule has 21 heavy (non-hydrogen) atoms. The number of primary amides is 1. The van der Waals surface area contributed by atoms with E-state index in [0.717, 1.165) is 16.3 Å². The van der Waals surface area contributed by atoms with Crippen LogP contribution in [0.3, 0.4) is 0 Å². The zero-order valence-electron chi connectivity index (χ0n) is 11.5. The molecule has 0 aliphatic carbocycles. The van der Waals surface area contributed by atoms with Gasteiger partial charge in [-0.2, -0.15) is 0 Å². The molecule has 3 N–H and O–H groups in total. The average Bonchev–Trinajstić information content (AvgIpc) is 3.11. The molecule has 1 unspecified atom stereocenters. The molecule has 6 nitrogen and oxygen atoms in total. The molecule has 0 aromatic carbocycles. The van der Waals surface area contributed by atoms with Crippen LogP contribution in [0.1, 0.15) is 34.0 Å². The summed E-state index contributed by atoms with van der Waals surface area (Å²) in [5.74, 6) is 0.464. The van der Waals surface area contributed by atoms with Gasteiger partial charge in [0, 0.05) is 23.0 Å². The molecule has 0 bridgehead atoms. The summed E-state index contributed by atoms with van der Waals surface area (Å²) in [7, 11) is 0. The van der Waals surface area contributed by atoms with Crippen molar-refractivity contribution in [2.45, 2.75) is 19.5 Å². The molecule has 0 saturated heterocycles. The number of hydrogen-bond donors (Lipinski definition) is 2. The molecule has 3 aromatic rings. The van der Waals surface area contributed by atoms with Gasteiger partial charge in [-0.1, -0.05) is 6.07 Å². The Bertz CT molecular complexity index is 778. The molecule has 0 saturated carbocycles. The van der Waals surface area contributed by atoms with Crippen LogP contribution in [0.4, 0.5) is 0 Å². The summed E-state index contributed by atoms with van der Waals surface area (Å²) in [6.45, 7) is 2.69. The Morgan fingerprint density at radius 1 is 1.48 bits per heavy atom. The number of nitrogens with one attached hydrogen (secondary N) is 1. The minimum atomic E-state index is -0.394. The molecule has 0 spiro atoms. The van der Waals surface area contributed by atoms with Crippen LogP contribution in [-0.2, 0) is 6.54 Å². The highest BCUT2D eigenvalue weighted by Crippen LogP contribution is 2.17. The summed E-state index contributed by atoms with van der Waals surface area (Å²) in [5, 5.41) is 13.5. The molecule has 3 heterocycles. The van der Waals surface area contributed by atoms with Gasteiger partial charge in [0.05, 0.1) is 11.6 Å². The van der Waals surface area contributed by atoms with Crippen molar-refractivity contribution >= 4 is 22.9 Å². The average molecular weight is 301 g/mol. The number of pyridine rings is 1. The molecule has 3 aromatic heterocycles. The molecular weight excluding hydrogens is 286 g/mol. The second-order valence-electron chi connectivity index (χ2n) is 4.76. The lowest BCUT2D eigenvalue weighted by molar-refractivity contribution is 0.100. The minimum Gasteiger partial charge on any atom is -0.366 e. The van der Waals surface area contributed by atoms with E-state index in [4.69, 9.17) is 5.73 Å². The van der Waals surface area contributed by atoms with E-state index in [1.54, 1.807) is 5.38 Å². The quantitative estimate of drug-likeness (QED) is 0.751. The van der Waals surface area contributed by atoms with Gasteiger partial charge in [0.25, 0.3) is 0 Å². The second kappa shape index (κ2) is 5.63. The fraction of sp³-hybridized carbons (Fsp3) is 0.214. The summed E-state index contributed by atoms with van der Waals surface area (Å²) >= 11 is 1.51. The molecule has 3 rings (SSSR count).